The zero-order valence-electron chi connectivity index (χ0n) is 33.2. The van der Waals surface area contributed by atoms with Gasteiger partial charge < -0.3 is 28.4 Å². The Morgan fingerprint density at radius 1 is 0.534 bits per heavy atom. The van der Waals surface area contributed by atoms with Crippen LogP contribution in [-0.2, 0) is 19.1 Å². The molecule has 5 rings (SSSR count). The van der Waals surface area contributed by atoms with E-state index in [1.54, 1.807) is 56.3 Å². The van der Waals surface area contributed by atoms with E-state index in [2.05, 4.69) is 13.2 Å². The van der Waals surface area contributed by atoms with Gasteiger partial charge in [-0.05, 0) is 159 Å². The fourth-order valence-electron chi connectivity index (χ4n) is 6.02. The number of carbonyl (C=O) groups is 4. The number of benzene rings is 5. The molecular formula is C48H50O10. The van der Waals surface area contributed by atoms with Crippen molar-refractivity contribution < 1.29 is 47.6 Å². The Morgan fingerprint density at radius 3 is 1.52 bits per heavy atom. The monoisotopic (exact) mass is 786 g/mol. The molecule has 0 heterocycles. The molecule has 0 amide bonds. The topological polar surface area (TPSA) is 124 Å². The smallest absolute Gasteiger partial charge is 0.343 e. The molecule has 0 atom stereocenters. The van der Waals surface area contributed by atoms with Crippen LogP contribution in [0, 0.1) is 6.92 Å². The van der Waals surface area contributed by atoms with Gasteiger partial charge in [-0.25, -0.2) is 19.2 Å². The SMILES string of the molecule is C=CC(=O)OCCCCCCOc1ccc2cc(C(=O)Oc3ccc(OC(=O)c4ccc5cc(OCCCCCCOC(=O)C(=C)C)ccc5c4)c(C)c3)ccc2c1. The summed E-state index contributed by atoms with van der Waals surface area (Å²) in [4.78, 5) is 48.7. The van der Waals surface area contributed by atoms with E-state index in [9.17, 15) is 19.2 Å². The Hall–Kier alpha value is -6.42. The summed E-state index contributed by atoms with van der Waals surface area (Å²) < 4.78 is 33.4. The second-order valence-corrected chi connectivity index (χ2v) is 14.0. The van der Waals surface area contributed by atoms with Crippen molar-refractivity contribution in [3.05, 3.63) is 132 Å². The fraction of sp³-hybridized carbons (Fsp3) is 0.292. The van der Waals surface area contributed by atoms with Crippen LogP contribution in [0.1, 0.15) is 84.6 Å². The Balaban J connectivity index is 1.05. The minimum Gasteiger partial charge on any atom is -0.494 e. The number of fused-ring (bicyclic) bond motifs is 2. The van der Waals surface area contributed by atoms with Crippen LogP contribution in [0.25, 0.3) is 21.5 Å². The zero-order chi connectivity index (χ0) is 41.3. The standard InChI is InChI=1S/C48H50O10/c1-5-45(49)55-26-12-8-6-10-24-53-41-20-18-35-29-39(16-14-37(35)31-41)47(51)57-43-22-23-44(34(4)28-43)58-48(52)40-17-15-38-32-42(21-19-36(38)30-40)54-25-11-7-9-13-27-56-46(50)33(2)3/h5,14-23,28-32H,1-2,6-13,24-27H2,3-4H3. The Labute approximate surface area is 339 Å². The number of unbranched alkanes of at least 4 members (excludes halogenated alkanes) is 6. The molecule has 0 unspecified atom stereocenters. The van der Waals surface area contributed by atoms with Gasteiger partial charge in [0.1, 0.15) is 23.0 Å². The van der Waals surface area contributed by atoms with Gasteiger partial charge in [0.2, 0.25) is 0 Å². The predicted molar refractivity (Wildman–Crippen MR) is 224 cm³/mol. The van der Waals surface area contributed by atoms with Gasteiger partial charge in [0, 0.05) is 11.6 Å². The number of esters is 4. The van der Waals surface area contributed by atoms with E-state index in [4.69, 9.17) is 28.4 Å². The molecule has 0 N–H and O–H groups in total. The molecule has 10 nitrogen and oxygen atoms in total. The van der Waals surface area contributed by atoms with Gasteiger partial charge in [-0.15, -0.1) is 0 Å². The molecule has 0 saturated heterocycles. The molecule has 0 aliphatic carbocycles. The van der Waals surface area contributed by atoms with E-state index in [1.807, 2.05) is 48.5 Å². The summed E-state index contributed by atoms with van der Waals surface area (Å²) in [5, 5.41) is 3.61. The summed E-state index contributed by atoms with van der Waals surface area (Å²) in [5.74, 6) is 0.420. The molecule has 0 spiro atoms. The third-order valence-corrected chi connectivity index (χ3v) is 9.26. The highest BCUT2D eigenvalue weighted by Crippen LogP contribution is 2.28. The highest BCUT2D eigenvalue weighted by atomic mass is 16.5. The van der Waals surface area contributed by atoms with Crippen molar-refractivity contribution in [1.29, 1.82) is 0 Å². The first-order valence-corrected chi connectivity index (χ1v) is 19.6. The first-order chi connectivity index (χ1) is 28.1. The second kappa shape index (κ2) is 21.8. The first-order valence-electron chi connectivity index (χ1n) is 19.6. The number of ether oxygens (including phenoxy) is 6. The minimum absolute atomic E-state index is 0.328. The molecule has 302 valence electrons. The largest absolute Gasteiger partial charge is 0.494 e. The average molecular weight is 787 g/mol. The van der Waals surface area contributed by atoms with Crippen LogP contribution in [0.5, 0.6) is 23.0 Å². The highest BCUT2D eigenvalue weighted by Gasteiger charge is 2.15. The molecule has 5 aromatic carbocycles. The van der Waals surface area contributed by atoms with Gasteiger partial charge in [-0.1, -0.05) is 37.4 Å². The number of carbonyl (C=O) groups excluding carboxylic acids is 4. The number of aryl methyl sites for hydroxylation is 1. The summed E-state index contributed by atoms with van der Waals surface area (Å²) in [6.45, 7) is 12.3. The van der Waals surface area contributed by atoms with Crippen molar-refractivity contribution in [2.45, 2.75) is 65.2 Å². The molecule has 0 aliphatic rings. The van der Waals surface area contributed by atoms with Crippen molar-refractivity contribution in [2.75, 3.05) is 26.4 Å². The van der Waals surface area contributed by atoms with Crippen LogP contribution >= 0.6 is 0 Å². The lowest BCUT2D eigenvalue weighted by Crippen LogP contribution is -2.10. The Bertz CT molecular complexity index is 2260. The maximum Gasteiger partial charge on any atom is 0.343 e. The van der Waals surface area contributed by atoms with E-state index in [1.165, 1.54) is 0 Å². The van der Waals surface area contributed by atoms with Crippen LogP contribution in [-0.4, -0.2) is 50.3 Å². The molecule has 5 aromatic rings. The van der Waals surface area contributed by atoms with Gasteiger partial charge in [0.05, 0.1) is 37.6 Å². The quantitative estimate of drug-likeness (QED) is 0.0290. The Kier molecular flexibility index (Phi) is 16.0. The summed E-state index contributed by atoms with van der Waals surface area (Å²) >= 11 is 0. The maximum atomic E-state index is 13.1. The number of rotatable bonds is 22. The van der Waals surface area contributed by atoms with E-state index in [-0.39, 0.29) is 5.97 Å². The minimum atomic E-state index is -0.508. The van der Waals surface area contributed by atoms with Crippen LogP contribution in [0.15, 0.2) is 116 Å². The fourth-order valence-corrected chi connectivity index (χ4v) is 6.02. The molecule has 58 heavy (non-hydrogen) atoms. The summed E-state index contributed by atoms with van der Waals surface area (Å²) in [5.41, 5.74) is 1.84. The van der Waals surface area contributed by atoms with Crippen molar-refractivity contribution in [1.82, 2.24) is 0 Å². The van der Waals surface area contributed by atoms with E-state index < -0.39 is 17.9 Å². The van der Waals surface area contributed by atoms with Crippen LogP contribution in [0.3, 0.4) is 0 Å². The van der Waals surface area contributed by atoms with E-state index in [0.29, 0.717) is 60.2 Å². The number of hydrogen-bond acceptors (Lipinski definition) is 10. The molecule has 10 heteroatoms. The molecule has 0 aliphatic heterocycles. The van der Waals surface area contributed by atoms with Gasteiger partial charge in [-0.3, -0.25) is 0 Å². The van der Waals surface area contributed by atoms with Gasteiger partial charge in [0.25, 0.3) is 0 Å². The highest BCUT2D eigenvalue weighted by molar-refractivity contribution is 5.98. The summed E-state index contributed by atoms with van der Waals surface area (Å²) in [6.07, 6.45) is 8.34. The molecule has 0 saturated carbocycles. The molecular weight excluding hydrogens is 737 g/mol. The first kappa shape index (κ1) is 42.7. The normalized spacial score (nSPS) is 10.8. The molecule has 0 fully saturated rings. The third kappa shape index (κ3) is 13.1. The predicted octanol–water partition coefficient (Wildman–Crippen LogP) is 10.5. The Morgan fingerprint density at radius 2 is 1.00 bits per heavy atom. The van der Waals surface area contributed by atoms with Crippen molar-refractivity contribution in [2.24, 2.45) is 0 Å². The van der Waals surface area contributed by atoms with Crippen molar-refractivity contribution in [3.8, 4) is 23.0 Å². The summed E-state index contributed by atoms with van der Waals surface area (Å²) in [7, 11) is 0. The van der Waals surface area contributed by atoms with Crippen LogP contribution in [0.4, 0.5) is 0 Å². The van der Waals surface area contributed by atoms with Crippen molar-refractivity contribution in [3.63, 3.8) is 0 Å². The zero-order valence-corrected chi connectivity index (χ0v) is 33.2. The lowest BCUT2D eigenvalue weighted by atomic mass is 10.1. The van der Waals surface area contributed by atoms with E-state index >= 15 is 0 Å². The maximum absolute atomic E-state index is 13.1. The van der Waals surface area contributed by atoms with Crippen LogP contribution < -0.4 is 18.9 Å². The van der Waals surface area contributed by atoms with E-state index in [0.717, 1.165) is 90.5 Å². The summed E-state index contributed by atoms with van der Waals surface area (Å²) in [6, 6.07) is 27.0. The van der Waals surface area contributed by atoms with Gasteiger partial charge >= 0.3 is 23.9 Å². The molecule has 0 aromatic heterocycles. The van der Waals surface area contributed by atoms with Crippen molar-refractivity contribution >= 4 is 45.4 Å². The third-order valence-electron chi connectivity index (χ3n) is 9.26. The van der Waals surface area contributed by atoms with Gasteiger partial charge in [0.15, 0.2) is 0 Å². The average Bonchev–Trinajstić information content (AvgIpc) is 3.22. The molecule has 0 bridgehead atoms. The second-order valence-electron chi connectivity index (χ2n) is 14.0. The molecule has 0 radical (unpaired) electrons. The number of hydrogen-bond donors (Lipinski definition) is 0. The van der Waals surface area contributed by atoms with Gasteiger partial charge in [-0.2, -0.15) is 0 Å². The lowest BCUT2D eigenvalue weighted by molar-refractivity contribution is -0.139. The lowest BCUT2D eigenvalue weighted by Gasteiger charge is -2.11. The van der Waals surface area contributed by atoms with Crippen LogP contribution in [0.2, 0.25) is 0 Å².